The molecule has 0 spiro atoms. The number of carbonyl (C=O) groups excluding carboxylic acids is 1. The Morgan fingerprint density at radius 2 is 1.95 bits per heavy atom. The Balaban J connectivity index is 2.31. The van der Waals surface area contributed by atoms with E-state index in [9.17, 15) is 9.90 Å². The van der Waals surface area contributed by atoms with Gasteiger partial charge < -0.3 is 10.4 Å². The van der Waals surface area contributed by atoms with E-state index in [1.165, 1.54) is 0 Å². The molecule has 1 amide bonds. The van der Waals surface area contributed by atoms with Crippen LogP contribution in [0.25, 0.3) is 0 Å². The van der Waals surface area contributed by atoms with Crippen molar-refractivity contribution in [1.29, 1.82) is 0 Å². The van der Waals surface area contributed by atoms with Crippen LogP contribution in [0.4, 0.5) is 5.69 Å². The summed E-state index contributed by atoms with van der Waals surface area (Å²) in [6, 6.07) is 11.8. The molecule has 0 saturated carbocycles. The summed E-state index contributed by atoms with van der Waals surface area (Å²) in [6.45, 7) is 1.85. The van der Waals surface area contributed by atoms with Crippen molar-refractivity contribution < 1.29 is 9.90 Å². The second-order valence-electron chi connectivity index (χ2n) is 4.59. The monoisotopic (exact) mass is 323 g/mol. The Kier molecular flexibility index (Phi) is 5.23. The first kappa shape index (κ1) is 15.8. The lowest BCUT2D eigenvalue weighted by atomic mass is 10.0. The molecule has 0 saturated heterocycles. The summed E-state index contributed by atoms with van der Waals surface area (Å²) in [4.78, 5) is 12.3. The number of halogens is 2. The SMILES string of the molecule is CC[C@@H](O)c1cc(Cl)ccc1NC(=O)c1ccccc1Cl. The lowest BCUT2D eigenvalue weighted by Crippen LogP contribution is -2.14. The molecular weight excluding hydrogens is 309 g/mol. The number of hydrogen-bond donors (Lipinski definition) is 2. The molecule has 0 aliphatic carbocycles. The highest BCUT2D eigenvalue weighted by Gasteiger charge is 2.15. The normalized spacial score (nSPS) is 12.0. The van der Waals surface area contributed by atoms with E-state index >= 15 is 0 Å². The minimum Gasteiger partial charge on any atom is -0.388 e. The Hall–Kier alpha value is -1.55. The van der Waals surface area contributed by atoms with Gasteiger partial charge in [0.1, 0.15) is 0 Å². The van der Waals surface area contributed by atoms with Crippen molar-refractivity contribution in [3.05, 3.63) is 63.6 Å². The molecule has 1 atom stereocenters. The molecule has 0 aliphatic heterocycles. The molecule has 0 heterocycles. The zero-order valence-corrected chi connectivity index (χ0v) is 12.9. The number of carbonyl (C=O) groups is 1. The third kappa shape index (κ3) is 3.76. The molecule has 2 aromatic carbocycles. The first-order valence-electron chi connectivity index (χ1n) is 6.56. The summed E-state index contributed by atoms with van der Waals surface area (Å²) in [6.07, 6.45) is -0.166. The fourth-order valence-electron chi connectivity index (χ4n) is 1.98. The minimum absolute atomic E-state index is 0.326. The van der Waals surface area contributed by atoms with Crippen molar-refractivity contribution in [2.24, 2.45) is 0 Å². The molecule has 0 fully saturated rings. The highest BCUT2D eigenvalue weighted by Crippen LogP contribution is 2.29. The lowest BCUT2D eigenvalue weighted by Gasteiger charge is -2.15. The standard InChI is InChI=1S/C16H15Cl2NO2/c1-2-15(20)12-9-10(17)7-8-14(12)19-16(21)11-5-3-4-6-13(11)18/h3-9,15,20H,2H2,1H3,(H,19,21)/t15-/m1/s1. The molecule has 21 heavy (non-hydrogen) atoms. The number of rotatable bonds is 4. The average molecular weight is 324 g/mol. The second kappa shape index (κ2) is 6.94. The number of benzene rings is 2. The lowest BCUT2D eigenvalue weighted by molar-refractivity contribution is 0.102. The minimum atomic E-state index is -0.690. The Morgan fingerprint density at radius 1 is 1.24 bits per heavy atom. The average Bonchev–Trinajstić information content (AvgIpc) is 2.48. The van der Waals surface area contributed by atoms with Crippen LogP contribution in [0.5, 0.6) is 0 Å². The first-order chi connectivity index (χ1) is 10.0. The first-order valence-corrected chi connectivity index (χ1v) is 7.32. The maximum absolute atomic E-state index is 12.3. The predicted octanol–water partition coefficient (Wildman–Crippen LogP) is 4.69. The van der Waals surface area contributed by atoms with Gasteiger partial charge in [-0.15, -0.1) is 0 Å². The Morgan fingerprint density at radius 3 is 2.62 bits per heavy atom. The van der Waals surface area contributed by atoms with E-state index in [1.54, 1.807) is 42.5 Å². The van der Waals surface area contributed by atoms with Gasteiger partial charge in [-0.3, -0.25) is 4.79 Å². The number of aliphatic hydroxyl groups is 1. The summed E-state index contributed by atoms with van der Waals surface area (Å²) in [5.74, 6) is -0.326. The van der Waals surface area contributed by atoms with Crippen LogP contribution in [0.3, 0.4) is 0 Å². The fourth-order valence-corrected chi connectivity index (χ4v) is 2.38. The van der Waals surface area contributed by atoms with Crippen molar-refractivity contribution in [2.75, 3.05) is 5.32 Å². The molecule has 5 heteroatoms. The van der Waals surface area contributed by atoms with Gasteiger partial charge in [0.15, 0.2) is 0 Å². The largest absolute Gasteiger partial charge is 0.388 e. The van der Waals surface area contributed by atoms with Gasteiger partial charge in [-0.1, -0.05) is 42.3 Å². The van der Waals surface area contributed by atoms with Gasteiger partial charge in [0, 0.05) is 16.3 Å². The summed E-state index contributed by atoms with van der Waals surface area (Å²) in [7, 11) is 0. The van der Waals surface area contributed by atoms with E-state index < -0.39 is 6.10 Å². The van der Waals surface area contributed by atoms with E-state index in [-0.39, 0.29) is 5.91 Å². The summed E-state index contributed by atoms with van der Waals surface area (Å²) in [5, 5.41) is 13.7. The van der Waals surface area contributed by atoms with Crippen LogP contribution in [-0.2, 0) is 0 Å². The number of hydrogen-bond acceptors (Lipinski definition) is 2. The van der Waals surface area contributed by atoms with Crippen LogP contribution in [0.2, 0.25) is 10.0 Å². The summed E-state index contributed by atoms with van der Waals surface area (Å²) in [5.41, 5.74) is 1.50. The van der Waals surface area contributed by atoms with Crippen molar-refractivity contribution in [3.63, 3.8) is 0 Å². The summed E-state index contributed by atoms with van der Waals surface area (Å²) >= 11 is 12.0. The highest BCUT2D eigenvalue weighted by molar-refractivity contribution is 6.34. The van der Waals surface area contributed by atoms with Crippen molar-refractivity contribution >= 4 is 34.8 Å². The molecule has 3 nitrogen and oxygen atoms in total. The highest BCUT2D eigenvalue weighted by atomic mass is 35.5. The van der Waals surface area contributed by atoms with Crippen LogP contribution in [0.1, 0.15) is 35.4 Å². The van der Waals surface area contributed by atoms with Gasteiger partial charge in [-0.25, -0.2) is 0 Å². The van der Waals surface area contributed by atoms with Crippen molar-refractivity contribution in [3.8, 4) is 0 Å². The molecule has 2 rings (SSSR count). The van der Waals surface area contributed by atoms with E-state index in [4.69, 9.17) is 23.2 Å². The molecular formula is C16H15Cl2NO2. The topological polar surface area (TPSA) is 49.3 Å². The molecule has 2 N–H and O–H groups in total. The number of aliphatic hydroxyl groups excluding tert-OH is 1. The van der Waals surface area contributed by atoms with E-state index in [1.807, 2.05) is 6.92 Å². The van der Waals surface area contributed by atoms with E-state index in [2.05, 4.69) is 5.32 Å². The van der Waals surface area contributed by atoms with Crippen LogP contribution < -0.4 is 5.32 Å². The zero-order chi connectivity index (χ0) is 15.4. The molecule has 0 aliphatic rings. The van der Waals surface area contributed by atoms with Gasteiger partial charge in [0.05, 0.1) is 16.7 Å². The van der Waals surface area contributed by atoms with Gasteiger partial charge >= 0.3 is 0 Å². The molecule has 0 unspecified atom stereocenters. The van der Waals surface area contributed by atoms with Gasteiger partial charge in [-0.2, -0.15) is 0 Å². The van der Waals surface area contributed by atoms with Crippen LogP contribution in [0.15, 0.2) is 42.5 Å². The second-order valence-corrected chi connectivity index (χ2v) is 5.43. The summed E-state index contributed by atoms with van der Waals surface area (Å²) < 4.78 is 0. The Labute approximate surface area is 133 Å². The van der Waals surface area contributed by atoms with E-state index in [0.717, 1.165) is 0 Å². The van der Waals surface area contributed by atoms with Gasteiger partial charge in [0.25, 0.3) is 5.91 Å². The smallest absolute Gasteiger partial charge is 0.257 e. The third-order valence-corrected chi connectivity index (χ3v) is 3.69. The molecule has 0 aromatic heterocycles. The maximum atomic E-state index is 12.3. The number of nitrogens with one attached hydrogen (secondary N) is 1. The van der Waals surface area contributed by atoms with E-state index in [0.29, 0.717) is 33.3 Å². The van der Waals surface area contributed by atoms with Crippen molar-refractivity contribution in [1.82, 2.24) is 0 Å². The third-order valence-electron chi connectivity index (χ3n) is 3.13. The van der Waals surface area contributed by atoms with Crippen molar-refractivity contribution in [2.45, 2.75) is 19.4 Å². The molecule has 0 radical (unpaired) electrons. The van der Waals surface area contributed by atoms with Crippen LogP contribution in [-0.4, -0.2) is 11.0 Å². The molecule has 2 aromatic rings. The van der Waals surface area contributed by atoms with Gasteiger partial charge in [-0.05, 0) is 36.8 Å². The number of anilines is 1. The van der Waals surface area contributed by atoms with Crippen LogP contribution in [0, 0.1) is 0 Å². The maximum Gasteiger partial charge on any atom is 0.257 e. The van der Waals surface area contributed by atoms with Gasteiger partial charge in [0.2, 0.25) is 0 Å². The predicted molar refractivity (Wildman–Crippen MR) is 86.1 cm³/mol. The Bertz CT molecular complexity index is 658. The van der Waals surface area contributed by atoms with Crippen LogP contribution >= 0.6 is 23.2 Å². The fraction of sp³-hybridized carbons (Fsp3) is 0.188. The quantitative estimate of drug-likeness (QED) is 0.857. The zero-order valence-electron chi connectivity index (χ0n) is 11.4. The molecule has 110 valence electrons. The number of amides is 1. The molecule has 0 bridgehead atoms.